The van der Waals surface area contributed by atoms with Crippen molar-refractivity contribution in [2.24, 2.45) is 0 Å². The van der Waals surface area contributed by atoms with Crippen LogP contribution in [0.1, 0.15) is 16.2 Å². The highest BCUT2D eigenvalue weighted by Crippen LogP contribution is 2.26. The molecule has 7 heteroatoms. The largest absolute Gasteiger partial charge is 0.496 e. The van der Waals surface area contributed by atoms with Crippen molar-refractivity contribution < 1.29 is 18.8 Å². The monoisotopic (exact) mass is 356 g/mol. The SMILES string of the molecule is COc1cc(SC)ccc1C(=O)OCc1nc(-c2ccccc2)no1. The van der Waals surface area contributed by atoms with Crippen LogP contribution in [-0.4, -0.2) is 29.5 Å². The number of carbonyl (C=O) groups is 1. The Labute approximate surface area is 149 Å². The lowest BCUT2D eigenvalue weighted by Gasteiger charge is -2.09. The second-order valence-corrected chi connectivity index (χ2v) is 5.90. The molecule has 1 heterocycles. The van der Waals surface area contributed by atoms with Crippen molar-refractivity contribution >= 4 is 17.7 Å². The second-order valence-electron chi connectivity index (χ2n) is 5.02. The van der Waals surface area contributed by atoms with Gasteiger partial charge in [-0.15, -0.1) is 11.8 Å². The third-order valence-electron chi connectivity index (χ3n) is 3.46. The quantitative estimate of drug-likeness (QED) is 0.491. The van der Waals surface area contributed by atoms with Gasteiger partial charge in [0, 0.05) is 10.5 Å². The van der Waals surface area contributed by atoms with E-state index in [2.05, 4.69) is 10.1 Å². The van der Waals surface area contributed by atoms with Crippen LogP contribution < -0.4 is 4.74 Å². The van der Waals surface area contributed by atoms with Gasteiger partial charge in [-0.3, -0.25) is 0 Å². The van der Waals surface area contributed by atoms with E-state index in [4.69, 9.17) is 14.0 Å². The molecule has 0 N–H and O–H groups in total. The molecule has 0 saturated carbocycles. The number of aromatic nitrogens is 2. The van der Waals surface area contributed by atoms with E-state index in [-0.39, 0.29) is 12.5 Å². The normalized spacial score (nSPS) is 10.5. The minimum absolute atomic E-state index is 0.105. The van der Waals surface area contributed by atoms with Crippen molar-refractivity contribution in [3.63, 3.8) is 0 Å². The topological polar surface area (TPSA) is 74.5 Å². The molecule has 128 valence electrons. The average Bonchev–Trinajstić information content (AvgIpc) is 3.15. The van der Waals surface area contributed by atoms with Gasteiger partial charge in [-0.1, -0.05) is 35.5 Å². The maximum atomic E-state index is 12.3. The zero-order chi connectivity index (χ0) is 17.6. The zero-order valence-corrected chi connectivity index (χ0v) is 14.6. The van der Waals surface area contributed by atoms with E-state index in [1.54, 1.807) is 23.9 Å². The van der Waals surface area contributed by atoms with Crippen LogP contribution in [0.3, 0.4) is 0 Å². The number of methoxy groups -OCH3 is 1. The first-order chi connectivity index (χ1) is 12.2. The molecule has 25 heavy (non-hydrogen) atoms. The molecule has 0 aliphatic rings. The van der Waals surface area contributed by atoms with Crippen molar-refractivity contribution in [1.82, 2.24) is 10.1 Å². The molecule has 0 unspecified atom stereocenters. The summed E-state index contributed by atoms with van der Waals surface area (Å²) in [7, 11) is 1.51. The molecule has 0 aliphatic heterocycles. The predicted octanol–water partition coefficient (Wildman–Crippen LogP) is 3.82. The van der Waals surface area contributed by atoms with Gasteiger partial charge < -0.3 is 14.0 Å². The van der Waals surface area contributed by atoms with E-state index < -0.39 is 5.97 Å². The standard InChI is InChI=1S/C18H16N2O4S/c1-22-15-10-13(25-2)8-9-14(15)18(21)23-11-16-19-17(20-24-16)12-6-4-3-5-7-12/h3-10H,11H2,1-2H3. The highest BCUT2D eigenvalue weighted by molar-refractivity contribution is 7.98. The Morgan fingerprint density at radius 1 is 1.20 bits per heavy atom. The van der Waals surface area contributed by atoms with Crippen molar-refractivity contribution in [3.05, 3.63) is 60.0 Å². The third kappa shape index (κ3) is 4.00. The second kappa shape index (κ2) is 7.85. The lowest BCUT2D eigenvalue weighted by atomic mass is 10.2. The van der Waals surface area contributed by atoms with Gasteiger partial charge in [0.25, 0.3) is 5.89 Å². The molecule has 0 saturated heterocycles. The summed E-state index contributed by atoms with van der Waals surface area (Å²) < 4.78 is 15.6. The van der Waals surface area contributed by atoms with Crippen LogP contribution in [-0.2, 0) is 11.3 Å². The fourth-order valence-electron chi connectivity index (χ4n) is 2.19. The summed E-state index contributed by atoms with van der Waals surface area (Å²) in [6.45, 7) is -0.105. The van der Waals surface area contributed by atoms with Crippen molar-refractivity contribution in [3.8, 4) is 17.1 Å². The number of thioether (sulfide) groups is 1. The van der Waals surface area contributed by atoms with Gasteiger partial charge in [0.2, 0.25) is 5.82 Å². The van der Waals surface area contributed by atoms with E-state index in [1.165, 1.54) is 7.11 Å². The maximum absolute atomic E-state index is 12.3. The Bertz CT molecular complexity index is 865. The van der Waals surface area contributed by atoms with Gasteiger partial charge in [0.1, 0.15) is 11.3 Å². The minimum atomic E-state index is -0.510. The molecule has 0 atom stereocenters. The van der Waals surface area contributed by atoms with Crippen LogP contribution in [0.25, 0.3) is 11.4 Å². The van der Waals surface area contributed by atoms with E-state index in [1.807, 2.05) is 42.7 Å². The van der Waals surface area contributed by atoms with Crippen LogP contribution in [0.15, 0.2) is 57.9 Å². The fraction of sp³-hybridized carbons (Fsp3) is 0.167. The fourth-order valence-corrected chi connectivity index (χ4v) is 2.62. The maximum Gasteiger partial charge on any atom is 0.342 e. The molecule has 3 rings (SSSR count). The minimum Gasteiger partial charge on any atom is -0.496 e. The molecule has 0 aliphatic carbocycles. The number of rotatable bonds is 6. The number of carbonyl (C=O) groups excluding carboxylic acids is 1. The Kier molecular flexibility index (Phi) is 5.35. The molecule has 2 aromatic carbocycles. The lowest BCUT2D eigenvalue weighted by Crippen LogP contribution is -2.07. The highest BCUT2D eigenvalue weighted by atomic mass is 32.2. The summed E-state index contributed by atoms with van der Waals surface area (Å²) in [6.07, 6.45) is 1.95. The van der Waals surface area contributed by atoms with Crippen LogP contribution in [0.4, 0.5) is 0 Å². The summed E-state index contributed by atoms with van der Waals surface area (Å²) >= 11 is 1.56. The molecule has 0 radical (unpaired) electrons. The number of hydrogen-bond donors (Lipinski definition) is 0. The Morgan fingerprint density at radius 3 is 2.72 bits per heavy atom. The van der Waals surface area contributed by atoms with E-state index >= 15 is 0 Å². The van der Waals surface area contributed by atoms with E-state index in [0.717, 1.165) is 10.5 Å². The number of ether oxygens (including phenoxy) is 2. The lowest BCUT2D eigenvalue weighted by molar-refractivity contribution is 0.0426. The average molecular weight is 356 g/mol. The van der Waals surface area contributed by atoms with Gasteiger partial charge in [0.15, 0.2) is 6.61 Å². The summed E-state index contributed by atoms with van der Waals surface area (Å²) in [5.74, 6) is 0.636. The first kappa shape index (κ1) is 17.0. The first-order valence-electron chi connectivity index (χ1n) is 7.48. The summed E-state index contributed by atoms with van der Waals surface area (Å²) in [4.78, 5) is 17.5. The van der Waals surface area contributed by atoms with Crippen LogP contribution in [0, 0.1) is 0 Å². The Morgan fingerprint density at radius 2 is 2.00 bits per heavy atom. The number of benzene rings is 2. The van der Waals surface area contributed by atoms with Crippen molar-refractivity contribution in [2.75, 3.05) is 13.4 Å². The van der Waals surface area contributed by atoms with Gasteiger partial charge >= 0.3 is 5.97 Å². The Hall–Kier alpha value is -2.80. The smallest absolute Gasteiger partial charge is 0.342 e. The molecule has 6 nitrogen and oxygen atoms in total. The van der Waals surface area contributed by atoms with Crippen LogP contribution >= 0.6 is 11.8 Å². The molecular weight excluding hydrogens is 340 g/mol. The molecule has 1 aromatic heterocycles. The molecule has 0 bridgehead atoms. The van der Waals surface area contributed by atoms with Gasteiger partial charge in [-0.25, -0.2) is 4.79 Å². The van der Waals surface area contributed by atoms with Crippen LogP contribution in [0.5, 0.6) is 5.75 Å². The molecule has 0 spiro atoms. The van der Waals surface area contributed by atoms with Gasteiger partial charge in [0.05, 0.1) is 7.11 Å². The Balaban J connectivity index is 1.68. The number of hydrogen-bond acceptors (Lipinski definition) is 7. The highest BCUT2D eigenvalue weighted by Gasteiger charge is 2.16. The first-order valence-corrected chi connectivity index (χ1v) is 8.71. The number of esters is 1. The summed E-state index contributed by atoms with van der Waals surface area (Å²) in [5, 5.41) is 3.89. The van der Waals surface area contributed by atoms with Gasteiger partial charge in [-0.2, -0.15) is 4.98 Å². The van der Waals surface area contributed by atoms with E-state index in [0.29, 0.717) is 17.1 Å². The van der Waals surface area contributed by atoms with Crippen molar-refractivity contribution in [2.45, 2.75) is 11.5 Å². The summed E-state index contributed by atoms with van der Waals surface area (Å²) in [6, 6.07) is 14.7. The third-order valence-corrected chi connectivity index (χ3v) is 4.18. The van der Waals surface area contributed by atoms with Crippen molar-refractivity contribution in [1.29, 1.82) is 0 Å². The molecule has 0 amide bonds. The predicted molar refractivity (Wildman–Crippen MR) is 93.6 cm³/mol. The molecule has 3 aromatic rings. The number of nitrogens with zero attached hydrogens (tertiary/aromatic N) is 2. The molecular formula is C18H16N2O4S. The van der Waals surface area contributed by atoms with Gasteiger partial charge in [-0.05, 0) is 24.5 Å². The summed E-state index contributed by atoms with van der Waals surface area (Å²) in [5.41, 5.74) is 1.18. The molecule has 0 fully saturated rings. The zero-order valence-electron chi connectivity index (χ0n) is 13.8. The van der Waals surface area contributed by atoms with Crippen LogP contribution in [0.2, 0.25) is 0 Å². The van der Waals surface area contributed by atoms with E-state index in [9.17, 15) is 4.79 Å².